The lowest BCUT2D eigenvalue weighted by atomic mass is 9.82. The molecule has 1 saturated carbocycles. The van der Waals surface area contributed by atoms with Gasteiger partial charge >= 0.3 is 5.97 Å². The van der Waals surface area contributed by atoms with Crippen LogP contribution in [0.1, 0.15) is 64.7 Å². The highest BCUT2D eigenvalue weighted by molar-refractivity contribution is 5.78. The van der Waals surface area contributed by atoms with Crippen LogP contribution in [-0.4, -0.2) is 35.1 Å². The van der Waals surface area contributed by atoms with Crippen LogP contribution in [0.15, 0.2) is 0 Å². The van der Waals surface area contributed by atoms with Crippen molar-refractivity contribution in [3.8, 4) is 0 Å². The molecule has 3 nitrogen and oxygen atoms in total. The maximum Gasteiger partial charge on any atom is 0.324 e. The van der Waals surface area contributed by atoms with Crippen molar-refractivity contribution in [3.63, 3.8) is 0 Å². The molecule has 0 aromatic rings. The number of likely N-dealkylation sites (N-methyl/N-ethyl adjacent to an activating group) is 1. The van der Waals surface area contributed by atoms with Gasteiger partial charge in [-0.05, 0) is 32.9 Å². The number of rotatable bonds is 5. The van der Waals surface area contributed by atoms with E-state index in [1.165, 1.54) is 19.3 Å². The van der Waals surface area contributed by atoms with Crippen LogP contribution in [0.3, 0.4) is 0 Å². The van der Waals surface area contributed by atoms with E-state index in [2.05, 4.69) is 11.8 Å². The van der Waals surface area contributed by atoms with Crippen LogP contribution in [0.25, 0.3) is 0 Å². The molecular weight excluding hydrogens is 214 g/mol. The number of hydrogen-bond acceptors (Lipinski definition) is 2. The predicted molar refractivity (Wildman–Crippen MR) is 70.2 cm³/mol. The summed E-state index contributed by atoms with van der Waals surface area (Å²) in [5.41, 5.74) is -0.588. The van der Waals surface area contributed by atoms with Gasteiger partial charge in [-0.2, -0.15) is 0 Å². The first-order valence-corrected chi connectivity index (χ1v) is 7.08. The molecular formula is C14H27NO2. The van der Waals surface area contributed by atoms with Crippen LogP contribution in [-0.2, 0) is 4.79 Å². The summed E-state index contributed by atoms with van der Waals surface area (Å²) in [5, 5.41) is 9.63. The normalized spacial score (nSPS) is 20.9. The van der Waals surface area contributed by atoms with Crippen molar-refractivity contribution >= 4 is 5.97 Å². The van der Waals surface area contributed by atoms with Gasteiger partial charge in [-0.15, -0.1) is 0 Å². The zero-order valence-electron chi connectivity index (χ0n) is 11.4. The van der Waals surface area contributed by atoms with Crippen molar-refractivity contribution in [3.05, 3.63) is 0 Å². The minimum Gasteiger partial charge on any atom is -0.480 e. The Morgan fingerprint density at radius 3 is 2.18 bits per heavy atom. The molecule has 1 N–H and O–H groups in total. The smallest absolute Gasteiger partial charge is 0.324 e. The van der Waals surface area contributed by atoms with Crippen LogP contribution in [0.2, 0.25) is 0 Å². The summed E-state index contributed by atoms with van der Waals surface area (Å²) >= 11 is 0. The minimum atomic E-state index is -0.613. The minimum absolute atomic E-state index is 0.588. The molecule has 1 rings (SSSR count). The van der Waals surface area contributed by atoms with Crippen LogP contribution < -0.4 is 0 Å². The fraction of sp³-hybridized carbons (Fsp3) is 0.929. The molecule has 0 amide bonds. The zero-order chi connectivity index (χ0) is 12.7. The molecule has 0 aromatic carbocycles. The Bertz CT molecular complexity index is 232. The molecule has 0 heterocycles. The Labute approximate surface area is 105 Å². The third-order valence-corrected chi connectivity index (χ3v) is 4.16. The quantitative estimate of drug-likeness (QED) is 0.803. The van der Waals surface area contributed by atoms with Gasteiger partial charge in [0.05, 0.1) is 0 Å². The number of nitrogens with zero attached hydrogens (tertiary/aromatic N) is 1. The Balaban J connectivity index is 2.73. The van der Waals surface area contributed by atoms with Gasteiger partial charge in [-0.1, -0.05) is 45.4 Å². The molecule has 1 fully saturated rings. The van der Waals surface area contributed by atoms with E-state index in [1.54, 1.807) is 0 Å². The number of carbonyl (C=O) groups is 1. The molecule has 100 valence electrons. The summed E-state index contributed by atoms with van der Waals surface area (Å²) in [4.78, 5) is 13.8. The summed E-state index contributed by atoms with van der Waals surface area (Å²) in [6, 6.07) is 0. The third-order valence-electron chi connectivity index (χ3n) is 4.16. The van der Waals surface area contributed by atoms with Crippen LogP contribution in [0.5, 0.6) is 0 Å². The number of carboxylic acids is 1. The van der Waals surface area contributed by atoms with Crippen LogP contribution >= 0.6 is 0 Å². The second kappa shape index (κ2) is 7.00. The summed E-state index contributed by atoms with van der Waals surface area (Å²) in [5.74, 6) is -0.613. The summed E-state index contributed by atoms with van der Waals surface area (Å²) in [7, 11) is 1.99. The van der Waals surface area contributed by atoms with Crippen LogP contribution in [0, 0.1) is 0 Å². The average molecular weight is 241 g/mol. The van der Waals surface area contributed by atoms with E-state index < -0.39 is 11.5 Å². The number of unbranched alkanes of at least 4 members (excludes halogenated alkanes) is 1. The second-order valence-electron chi connectivity index (χ2n) is 5.38. The Hall–Kier alpha value is -0.570. The lowest BCUT2D eigenvalue weighted by Crippen LogP contribution is -2.53. The maximum absolute atomic E-state index is 11.7. The van der Waals surface area contributed by atoms with Crippen molar-refractivity contribution in [1.29, 1.82) is 0 Å². The summed E-state index contributed by atoms with van der Waals surface area (Å²) < 4.78 is 0. The topological polar surface area (TPSA) is 40.5 Å². The van der Waals surface area contributed by atoms with Gasteiger partial charge in [0.2, 0.25) is 0 Å². The van der Waals surface area contributed by atoms with Crippen molar-refractivity contribution in [2.75, 3.05) is 13.6 Å². The van der Waals surface area contributed by atoms with E-state index in [1.807, 2.05) is 7.05 Å². The number of carboxylic acid groups (broad SMARTS) is 1. The maximum atomic E-state index is 11.7. The van der Waals surface area contributed by atoms with Crippen LogP contribution in [0.4, 0.5) is 0 Å². The molecule has 0 bridgehead atoms. The van der Waals surface area contributed by atoms with Crippen molar-refractivity contribution in [1.82, 2.24) is 4.90 Å². The fourth-order valence-corrected chi connectivity index (χ4v) is 2.86. The molecule has 17 heavy (non-hydrogen) atoms. The molecule has 0 atom stereocenters. The van der Waals surface area contributed by atoms with E-state index in [0.29, 0.717) is 0 Å². The van der Waals surface area contributed by atoms with E-state index in [0.717, 1.165) is 45.1 Å². The van der Waals surface area contributed by atoms with Gasteiger partial charge in [0.25, 0.3) is 0 Å². The van der Waals surface area contributed by atoms with Gasteiger partial charge in [-0.25, -0.2) is 0 Å². The largest absolute Gasteiger partial charge is 0.480 e. The number of aliphatic carboxylic acids is 1. The molecule has 3 heteroatoms. The van der Waals surface area contributed by atoms with E-state index >= 15 is 0 Å². The van der Waals surface area contributed by atoms with E-state index in [-0.39, 0.29) is 0 Å². The van der Waals surface area contributed by atoms with Crippen molar-refractivity contribution in [2.24, 2.45) is 0 Å². The summed E-state index contributed by atoms with van der Waals surface area (Å²) in [6.07, 6.45) is 9.63. The van der Waals surface area contributed by atoms with Gasteiger partial charge in [0.15, 0.2) is 0 Å². The highest BCUT2D eigenvalue weighted by Gasteiger charge is 2.41. The molecule has 0 saturated heterocycles. The molecule has 0 spiro atoms. The number of hydrogen-bond donors (Lipinski definition) is 1. The molecule has 0 unspecified atom stereocenters. The molecule has 0 aromatic heterocycles. The first-order valence-electron chi connectivity index (χ1n) is 7.08. The monoisotopic (exact) mass is 241 g/mol. The highest BCUT2D eigenvalue weighted by atomic mass is 16.4. The predicted octanol–water partition coefficient (Wildman–Crippen LogP) is 3.29. The molecule has 1 aliphatic carbocycles. The Kier molecular flexibility index (Phi) is 5.96. The lowest BCUT2D eigenvalue weighted by molar-refractivity contribution is -0.152. The first-order chi connectivity index (χ1) is 8.13. The molecule has 0 aliphatic heterocycles. The summed E-state index contributed by atoms with van der Waals surface area (Å²) in [6.45, 7) is 3.06. The standard InChI is InChI=1S/C14H27NO2/c1-3-4-12-15(2)14(13(16)17)10-8-6-5-7-9-11-14/h3-12H2,1-2H3,(H,16,17). The molecule has 1 aliphatic rings. The SMILES string of the molecule is CCCCN(C)C1(C(=O)O)CCCCCCC1. The lowest BCUT2D eigenvalue weighted by Gasteiger charge is -2.39. The zero-order valence-corrected chi connectivity index (χ0v) is 11.4. The van der Waals surface area contributed by atoms with E-state index in [9.17, 15) is 9.90 Å². The average Bonchev–Trinajstić information content (AvgIpc) is 2.25. The van der Waals surface area contributed by atoms with Gasteiger partial charge in [-0.3, -0.25) is 9.69 Å². The van der Waals surface area contributed by atoms with Crippen molar-refractivity contribution < 1.29 is 9.90 Å². The van der Waals surface area contributed by atoms with Gasteiger partial charge in [0, 0.05) is 0 Å². The Morgan fingerprint density at radius 2 is 1.71 bits per heavy atom. The second-order valence-corrected chi connectivity index (χ2v) is 5.38. The van der Waals surface area contributed by atoms with Gasteiger partial charge < -0.3 is 5.11 Å². The van der Waals surface area contributed by atoms with Gasteiger partial charge in [0.1, 0.15) is 5.54 Å². The fourth-order valence-electron chi connectivity index (χ4n) is 2.86. The third kappa shape index (κ3) is 3.70. The Morgan fingerprint density at radius 1 is 1.18 bits per heavy atom. The van der Waals surface area contributed by atoms with Crippen molar-refractivity contribution in [2.45, 2.75) is 70.3 Å². The molecule has 0 radical (unpaired) electrons. The first kappa shape index (κ1) is 14.5. The van der Waals surface area contributed by atoms with E-state index in [4.69, 9.17) is 0 Å². The highest BCUT2D eigenvalue weighted by Crippen LogP contribution is 2.31.